The second-order valence-electron chi connectivity index (χ2n) is 5.99. The van der Waals surface area contributed by atoms with Crippen LogP contribution in [-0.4, -0.2) is 77.8 Å². The van der Waals surface area contributed by atoms with Gasteiger partial charge in [-0.15, -0.1) is 11.3 Å². The summed E-state index contributed by atoms with van der Waals surface area (Å²) in [6, 6.07) is 0.661. The van der Waals surface area contributed by atoms with Gasteiger partial charge in [-0.3, -0.25) is 9.69 Å². The van der Waals surface area contributed by atoms with Gasteiger partial charge >= 0.3 is 6.03 Å². The first-order valence-electron chi connectivity index (χ1n) is 8.47. The predicted octanol–water partition coefficient (Wildman–Crippen LogP) is 1.16. The van der Waals surface area contributed by atoms with E-state index in [2.05, 4.69) is 15.2 Å². The molecule has 2 saturated heterocycles. The lowest BCUT2D eigenvalue weighted by atomic mass is 10.1. The smallest absolute Gasteiger partial charge is 0.317 e. The summed E-state index contributed by atoms with van der Waals surface area (Å²) in [5.41, 5.74) is 0.941. The zero-order valence-corrected chi connectivity index (χ0v) is 15.3. The van der Waals surface area contributed by atoms with Crippen LogP contribution in [0.25, 0.3) is 0 Å². The van der Waals surface area contributed by atoms with Gasteiger partial charge in [-0.05, 0) is 19.8 Å². The van der Waals surface area contributed by atoms with Crippen LogP contribution in [0.3, 0.4) is 0 Å². The van der Waals surface area contributed by atoms with Crippen LogP contribution in [0, 0.1) is 6.92 Å². The Morgan fingerprint density at radius 3 is 2.60 bits per heavy atom. The lowest BCUT2D eigenvalue weighted by molar-refractivity contribution is -0.122. The van der Waals surface area contributed by atoms with Gasteiger partial charge in [-0.1, -0.05) is 0 Å². The minimum absolute atomic E-state index is 0.0253. The Morgan fingerprint density at radius 2 is 2.04 bits per heavy atom. The van der Waals surface area contributed by atoms with Crippen molar-refractivity contribution in [1.82, 2.24) is 20.1 Å². The van der Waals surface area contributed by atoms with Gasteiger partial charge in [0.15, 0.2) is 0 Å². The van der Waals surface area contributed by atoms with Crippen molar-refractivity contribution in [2.24, 2.45) is 0 Å². The molecular weight excluding hydrogens is 344 g/mol. The van der Waals surface area contributed by atoms with Gasteiger partial charge in [0.05, 0.1) is 17.2 Å². The van der Waals surface area contributed by atoms with E-state index in [9.17, 15) is 4.79 Å². The van der Waals surface area contributed by atoms with Gasteiger partial charge in [0.1, 0.15) is 0 Å². The van der Waals surface area contributed by atoms with Crippen LogP contribution < -0.4 is 5.32 Å². The Hall–Kier alpha value is -1.71. The van der Waals surface area contributed by atoms with Crippen molar-refractivity contribution in [3.8, 4) is 0 Å². The molecule has 0 atom stereocenters. The summed E-state index contributed by atoms with van der Waals surface area (Å²) < 4.78 is 5.42. The van der Waals surface area contributed by atoms with E-state index in [1.807, 2.05) is 17.2 Å². The number of carbonyl (C=O) groups excluding carboxylic acids is 1. The number of hydrogen-bond acceptors (Lipinski definition) is 6. The maximum Gasteiger partial charge on any atom is 0.317 e. The number of urea groups is 1. The first kappa shape index (κ1) is 19.6. The molecule has 0 bridgehead atoms. The molecule has 2 amide bonds. The first-order valence-corrected chi connectivity index (χ1v) is 9.35. The molecule has 0 aromatic carbocycles. The molecule has 0 aliphatic carbocycles. The topological polar surface area (TPSA) is 95.0 Å². The molecule has 25 heavy (non-hydrogen) atoms. The molecule has 1 aromatic rings. The Balaban J connectivity index is 0.000000701. The number of thiazole rings is 1. The molecule has 2 N–H and O–H groups in total. The van der Waals surface area contributed by atoms with Crippen LogP contribution in [0.4, 0.5) is 4.79 Å². The van der Waals surface area contributed by atoms with E-state index >= 15 is 0 Å². The number of rotatable bonds is 3. The van der Waals surface area contributed by atoms with Gasteiger partial charge in [0, 0.05) is 50.8 Å². The van der Waals surface area contributed by atoms with Crippen LogP contribution in [0.1, 0.15) is 23.5 Å². The van der Waals surface area contributed by atoms with Gasteiger partial charge in [-0.2, -0.15) is 0 Å². The number of aryl methyl sites for hydroxylation is 1. The van der Waals surface area contributed by atoms with E-state index < -0.39 is 0 Å². The molecule has 0 saturated carbocycles. The van der Waals surface area contributed by atoms with Crippen molar-refractivity contribution in [1.29, 1.82) is 0 Å². The number of hydrogen-bond donors (Lipinski definition) is 2. The minimum atomic E-state index is -0.250. The average Bonchev–Trinajstić information content (AvgIpc) is 3.07. The second-order valence-corrected chi connectivity index (χ2v) is 7.05. The Kier molecular flexibility index (Phi) is 8.10. The van der Waals surface area contributed by atoms with E-state index in [0.29, 0.717) is 12.6 Å². The summed E-state index contributed by atoms with van der Waals surface area (Å²) in [6.07, 6.45) is 2.24. The molecule has 140 valence electrons. The Bertz CT molecular complexity index is 540. The molecular formula is C16H26N4O4S. The maximum absolute atomic E-state index is 12.2. The number of carboxylic acid groups (broad SMARTS) is 1. The molecule has 2 aliphatic heterocycles. The van der Waals surface area contributed by atoms with E-state index in [1.54, 1.807) is 11.3 Å². The lowest BCUT2D eigenvalue weighted by Gasteiger charge is -2.40. The number of piperazine rings is 1. The van der Waals surface area contributed by atoms with E-state index in [1.165, 1.54) is 0 Å². The van der Waals surface area contributed by atoms with Crippen LogP contribution in [0.15, 0.2) is 5.38 Å². The fourth-order valence-electron chi connectivity index (χ4n) is 3.11. The number of nitrogens with one attached hydrogen (secondary N) is 1. The number of ether oxygens (including phenoxy) is 1. The van der Waals surface area contributed by atoms with E-state index in [0.717, 1.165) is 62.9 Å². The molecule has 0 spiro atoms. The van der Waals surface area contributed by atoms with Crippen LogP contribution in [0.5, 0.6) is 0 Å². The Labute approximate surface area is 151 Å². The third-order valence-corrected chi connectivity index (χ3v) is 5.22. The highest BCUT2D eigenvalue weighted by atomic mass is 32.1. The van der Waals surface area contributed by atoms with Crippen molar-refractivity contribution in [3.63, 3.8) is 0 Å². The molecule has 0 radical (unpaired) electrons. The van der Waals surface area contributed by atoms with Crippen molar-refractivity contribution < 1.29 is 19.4 Å². The number of aromatic nitrogens is 1. The number of amides is 2. The molecule has 0 unspecified atom stereocenters. The van der Waals surface area contributed by atoms with Gasteiger partial charge in [-0.25, -0.2) is 9.78 Å². The van der Waals surface area contributed by atoms with Crippen LogP contribution >= 0.6 is 11.3 Å². The summed E-state index contributed by atoms with van der Waals surface area (Å²) >= 11 is 1.61. The minimum Gasteiger partial charge on any atom is -0.483 e. The second kappa shape index (κ2) is 10.3. The number of nitrogens with zero attached hydrogens (tertiary/aromatic N) is 3. The maximum atomic E-state index is 12.2. The van der Waals surface area contributed by atoms with Crippen molar-refractivity contribution >= 4 is 23.8 Å². The molecule has 2 fully saturated rings. The third-order valence-electron chi connectivity index (χ3n) is 4.40. The third kappa shape index (κ3) is 6.26. The zero-order valence-electron chi connectivity index (χ0n) is 14.5. The van der Waals surface area contributed by atoms with Crippen LogP contribution in [-0.2, 0) is 16.1 Å². The quantitative estimate of drug-likeness (QED) is 0.776. The SMILES string of the molecule is Cc1nc(CNC(=O)N2CCN(C3CCOCC3)CC2)cs1.O=CO. The van der Waals surface area contributed by atoms with E-state index in [-0.39, 0.29) is 12.5 Å². The van der Waals surface area contributed by atoms with Crippen molar-refractivity contribution in [3.05, 3.63) is 16.1 Å². The summed E-state index contributed by atoms with van der Waals surface area (Å²) in [6.45, 7) is 7.53. The molecule has 8 nitrogen and oxygen atoms in total. The van der Waals surface area contributed by atoms with Gasteiger partial charge in [0.2, 0.25) is 0 Å². The predicted molar refractivity (Wildman–Crippen MR) is 94.8 cm³/mol. The summed E-state index contributed by atoms with van der Waals surface area (Å²) in [5.74, 6) is 0. The van der Waals surface area contributed by atoms with E-state index in [4.69, 9.17) is 14.6 Å². The standard InChI is InChI=1S/C15H24N4O2S.CH2O2/c1-12-17-13(11-22-12)10-16-15(20)19-6-4-18(5-7-19)14-2-8-21-9-3-14;2-1-3/h11,14H,2-10H2,1H3,(H,16,20);1H,(H,2,3). The molecule has 2 aliphatic rings. The van der Waals surface area contributed by atoms with Gasteiger partial charge < -0.3 is 20.1 Å². The highest BCUT2D eigenvalue weighted by molar-refractivity contribution is 7.09. The van der Waals surface area contributed by atoms with Gasteiger partial charge in [0.25, 0.3) is 6.47 Å². The molecule has 1 aromatic heterocycles. The average molecular weight is 370 g/mol. The lowest BCUT2D eigenvalue weighted by Crippen LogP contribution is -2.54. The van der Waals surface area contributed by atoms with Crippen molar-refractivity contribution in [2.45, 2.75) is 32.4 Å². The monoisotopic (exact) mass is 370 g/mol. The molecule has 9 heteroatoms. The largest absolute Gasteiger partial charge is 0.483 e. The fourth-order valence-corrected chi connectivity index (χ4v) is 3.72. The van der Waals surface area contributed by atoms with Crippen molar-refractivity contribution in [2.75, 3.05) is 39.4 Å². The Morgan fingerprint density at radius 1 is 1.40 bits per heavy atom. The fraction of sp³-hybridized carbons (Fsp3) is 0.688. The normalized spacial score (nSPS) is 19.0. The van der Waals surface area contributed by atoms with Crippen LogP contribution in [0.2, 0.25) is 0 Å². The summed E-state index contributed by atoms with van der Waals surface area (Å²) in [4.78, 5) is 29.4. The zero-order chi connectivity index (χ0) is 18.1. The summed E-state index contributed by atoms with van der Waals surface area (Å²) in [5, 5.41) is 12.9. The number of carbonyl (C=O) groups is 2. The highest BCUT2D eigenvalue weighted by Gasteiger charge is 2.27. The molecule has 3 heterocycles. The first-order chi connectivity index (χ1) is 12.1. The summed E-state index contributed by atoms with van der Waals surface area (Å²) in [7, 11) is 0. The molecule has 3 rings (SSSR count). The highest BCUT2D eigenvalue weighted by Crippen LogP contribution is 2.16.